The predicted octanol–water partition coefficient (Wildman–Crippen LogP) is 4.21. The average molecular weight is 550 g/mol. The Morgan fingerprint density at radius 3 is 2.44 bits per heavy atom. The number of hydrogen-bond donors (Lipinski definition) is 2. The Balaban J connectivity index is 0.00000261. The summed E-state index contributed by atoms with van der Waals surface area (Å²) in [6, 6.07) is 9.38. The molecule has 150 valence electrons. The van der Waals surface area contributed by atoms with Gasteiger partial charge in [0, 0.05) is 29.5 Å². The third-order valence-electron chi connectivity index (χ3n) is 5.32. The van der Waals surface area contributed by atoms with Gasteiger partial charge in [-0.2, -0.15) is 0 Å². The Morgan fingerprint density at radius 2 is 1.85 bits per heavy atom. The summed E-state index contributed by atoms with van der Waals surface area (Å²) in [5.41, 5.74) is 1.37. The first kappa shape index (κ1) is 22.5. The number of rotatable bonds is 5. The largest absolute Gasteiger partial charge is 0.466 e. The fourth-order valence-electron chi connectivity index (χ4n) is 3.71. The lowest BCUT2D eigenvalue weighted by Crippen LogP contribution is -2.46. The fourth-order valence-corrected chi connectivity index (χ4v) is 3.97. The summed E-state index contributed by atoms with van der Waals surface area (Å²) < 4.78 is 6.26. The van der Waals surface area contributed by atoms with Gasteiger partial charge in [-0.25, -0.2) is 0 Å². The third kappa shape index (κ3) is 6.34. The van der Waals surface area contributed by atoms with Crippen LogP contribution in [0, 0.1) is 5.92 Å². The third-order valence-corrected chi connectivity index (χ3v) is 5.85. The molecule has 2 aliphatic rings. The van der Waals surface area contributed by atoms with Crippen LogP contribution in [0.25, 0.3) is 0 Å². The number of carbonyl (C=O) groups excluding carboxylic acids is 1. The van der Waals surface area contributed by atoms with E-state index in [0.29, 0.717) is 24.6 Å². The van der Waals surface area contributed by atoms with Crippen molar-refractivity contribution in [1.82, 2.24) is 10.6 Å². The van der Waals surface area contributed by atoms with E-state index in [-0.39, 0.29) is 35.9 Å². The maximum atomic E-state index is 11.8. The second kappa shape index (κ2) is 10.6. The summed E-state index contributed by atoms with van der Waals surface area (Å²) in [7, 11) is 1.82. The van der Waals surface area contributed by atoms with Crippen LogP contribution in [-0.2, 0) is 9.53 Å². The SMILES string of the molecule is CCOC(=O)C1CCC(NC(=NC)NC2CC2c2ccc(Br)cc2)CC1.I. The number of guanidine groups is 1. The molecule has 5 nitrogen and oxygen atoms in total. The molecule has 1 aromatic carbocycles. The molecule has 0 amide bonds. The Hall–Kier alpha value is -0.830. The topological polar surface area (TPSA) is 62.7 Å². The van der Waals surface area contributed by atoms with Crippen molar-refractivity contribution in [2.75, 3.05) is 13.7 Å². The van der Waals surface area contributed by atoms with Crippen LogP contribution in [0.4, 0.5) is 0 Å². The average Bonchev–Trinajstić information content (AvgIpc) is 3.41. The zero-order chi connectivity index (χ0) is 18.5. The quantitative estimate of drug-likeness (QED) is 0.250. The predicted molar refractivity (Wildman–Crippen MR) is 123 cm³/mol. The molecule has 3 rings (SSSR count). The van der Waals surface area contributed by atoms with E-state index in [0.717, 1.165) is 42.5 Å². The van der Waals surface area contributed by atoms with Crippen LogP contribution in [-0.4, -0.2) is 37.7 Å². The molecular weight excluding hydrogens is 521 g/mol. The van der Waals surface area contributed by atoms with Crippen LogP contribution in [0.5, 0.6) is 0 Å². The number of nitrogens with zero attached hydrogens (tertiary/aromatic N) is 1. The Bertz CT molecular complexity index is 645. The van der Waals surface area contributed by atoms with Gasteiger partial charge in [-0.3, -0.25) is 9.79 Å². The van der Waals surface area contributed by atoms with E-state index in [9.17, 15) is 4.79 Å². The lowest BCUT2D eigenvalue weighted by Gasteiger charge is -2.29. The molecule has 2 fully saturated rings. The van der Waals surface area contributed by atoms with E-state index in [4.69, 9.17) is 4.74 Å². The maximum Gasteiger partial charge on any atom is 0.308 e. The smallest absolute Gasteiger partial charge is 0.308 e. The molecule has 0 spiro atoms. The molecule has 1 aromatic rings. The molecule has 0 saturated heterocycles. The van der Waals surface area contributed by atoms with Gasteiger partial charge in [-0.1, -0.05) is 28.1 Å². The van der Waals surface area contributed by atoms with Crippen molar-refractivity contribution in [3.8, 4) is 0 Å². The van der Waals surface area contributed by atoms with E-state index in [1.807, 2.05) is 14.0 Å². The van der Waals surface area contributed by atoms with Crippen molar-refractivity contribution in [3.05, 3.63) is 34.3 Å². The molecule has 0 heterocycles. The summed E-state index contributed by atoms with van der Waals surface area (Å²) >= 11 is 3.48. The highest BCUT2D eigenvalue weighted by molar-refractivity contribution is 14.0. The molecule has 2 saturated carbocycles. The van der Waals surface area contributed by atoms with E-state index in [1.54, 1.807) is 0 Å². The lowest BCUT2D eigenvalue weighted by molar-refractivity contribution is -0.149. The van der Waals surface area contributed by atoms with Gasteiger partial charge in [0.2, 0.25) is 0 Å². The van der Waals surface area contributed by atoms with Crippen LogP contribution < -0.4 is 10.6 Å². The molecule has 2 N–H and O–H groups in total. The second-order valence-electron chi connectivity index (χ2n) is 7.16. The summed E-state index contributed by atoms with van der Waals surface area (Å²) in [6.45, 7) is 2.33. The highest BCUT2D eigenvalue weighted by Gasteiger charge is 2.39. The summed E-state index contributed by atoms with van der Waals surface area (Å²) in [6.07, 6.45) is 4.87. The minimum absolute atomic E-state index is 0. The van der Waals surface area contributed by atoms with Crippen molar-refractivity contribution in [1.29, 1.82) is 0 Å². The van der Waals surface area contributed by atoms with Crippen LogP contribution in [0.2, 0.25) is 0 Å². The normalized spacial score (nSPS) is 27.3. The van der Waals surface area contributed by atoms with Gasteiger partial charge in [0.1, 0.15) is 0 Å². The first-order chi connectivity index (χ1) is 12.6. The lowest BCUT2D eigenvalue weighted by atomic mass is 9.86. The molecule has 27 heavy (non-hydrogen) atoms. The molecule has 2 aliphatic carbocycles. The molecule has 0 aliphatic heterocycles. The number of carbonyl (C=O) groups is 1. The number of hydrogen-bond acceptors (Lipinski definition) is 3. The number of benzene rings is 1. The van der Waals surface area contributed by atoms with Crippen LogP contribution >= 0.6 is 39.9 Å². The Labute approximate surface area is 187 Å². The molecular formula is C20H29BrIN3O2. The molecule has 2 unspecified atom stereocenters. The van der Waals surface area contributed by atoms with Gasteiger partial charge in [0.15, 0.2) is 5.96 Å². The number of aliphatic imine (C=N–C) groups is 1. The Kier molecular flexibility index (Phi) is 8.85. The van der Waals surface area contributed by atoms with Crippen LogP contribution in [0.1, 0.15) is 50.5 Å². The van der Waals surface area contributed by atoms with Gasteiger partial charge in [-0.15, -0.1) is 24.0 Å². The van der Waals surface area contributed by atoms with E-state index in [2.05, 4.69) is 55.8 Å². The van der Waals surface area contributed by atoms with Gasteiger partial charge in [0.05, 0.1) is 12.5 Å². The van der Waals surface area contributed by atoms with E-state index >= 15 is 0 Å². The monoisotopic (exact) mass is 549 g/mol. The summed E-state index contributed by atoms with van der Waals surface area (Å²) in [4.78, 5) is 16.2. The zero-order valence-corrected chi connectivity index (χ0v) is 19.8. The molecule has 0 aromatic heterocycles. The van der Waals surface area contributed by atoms with E-state index in [1.165, 1.54) is 5.56 Å². The van der Waals surface area contributed by atoms with Crippen molar-refractivity contribution in [3.63, 3.8) is 0 Å². The zero-order valence-electron chi connectivity index (χ0n) is 15.9. The number of ether oxygens (including phenoxy) is 1. The minimum Gasteiger partial charge on any atom is -0.466 e. The highest BCUT2D eigenvalue weighted by Crippen LogP contribution is 2.41. The highest BCUT2D eigenvalue weighted by atomic mass is 127. The van der Waals surface area contributed by atoms with Crippen LogP contribution in [0.3, 0.4) is 0 Å². The van der Waals surface area contributed by atoms with Gasteiger partial charge in [-0.05, 0) is 56.7 Å². The minimum atomic E-state index is -0.0382. The molecule has 0 bridgehead atoms. The number of nitrogens with one attached hydrogen (secondary N) is 2. The Morgan fingerprint density at radius 1 is 1.19 bits per heavy atom. The second-order valence-corrected chi connectivity index (χ2v) is 8.08. The molecule has 2 atom stereocenters. The number of esters is 1. The first-order valence-corrected chi connectivity index (χ1v) is 10.3. The number of halogens is 2. The van der Waals surface area contributed by atoms with Crippen molar-refractivity contribution in [2.24, 2.45) is 10.9 Å². The molecule has 0 radical (unpaired) electrons. The maximum absolute atomic E-state index is 11.8. The fraction of sp³-hybridized carbons (Fsp3) is 0.600. The van der Waals surface area contributed by atoms with Gasteiger partial charge >= 0.3 is 5.97 Å². The van der Waals surface area contributed by atoms with Crippen molar-refractivity contribution in [2.45, 2.75) is 57.0 Å². The van der Waals surface area contributed by atoms with E-state index < -0.39 is 0 Å². The summed E-state index contributed by atoms with van der Waals surface area (Å²) in [5, 5.41) is 7.07. The molecule has 7 heteroatoms. The standard InChI is InChI=1S/C20H28BrN3O2.HI/c1-3-26-19(25)14-6-10-16(11-7-14)23-20(22-2)24-18-12-17(18)13-4-8-15(21)9-5-13;/h4-5,8-9,14,16-18H,3,6-7,10-12H2,1-2H3,(H2,22,23,24);1H. The van der Waals surface area contributed by atoms with Gasteiger partial charge < -0.3 is 15.4 Å². The first-order valence-electron chi connectivity index (χ1n) is 9.52. The van der Waals surface area contributed by atoms with Crippen molar-refractivity contribution >= 4 is 51.8 Å². The summed E-state index contributed by atoms with van der Waals surface area (Å²) in [5.74, 6) is 1.45. The van der Waals surface area contributed by atoms with Crippen LogP contribution in [0.15, 0.2) is 33.7 Å². The van der Waals surface area contributed by atoms with Gasteiger partial charge in [0.25, 0.3) is 0 Å². The van der Waals surface area contributed by atoms with Crippen molar-refractivity contribution < 1.29 is 9.53 Å².